The molecule has 0 spiro atoms. The van der Waals surface area contributed by atoms with Crippen molar-refractivity contribution in [3.05, 3.63) is 36.0 Å². The van der Waals surface area contributed by atoms with Crippen LogP contribution in [0.5, 0.6) is 0 Å². The first kappa shape index (κ1) is 27.6. The number of carbonyl (C=O) groups excluding carboxylic acids is 4. The van der Waals surface area contributed by atoms with Crippen molar-refractivity contribution in [1.82, 2.24) is 20.5 Å². The number of para-hydroxylation sites is 1. The number of H-pyrrole nitrogens is 1. The van der Waals surface area contributed by atoms with Gasteiger partial charge in [0.05, 0.1) is 12.5 Å². The lowest BCUT2D eigenvalue weighted by Crippen LogP contribution is -2.58. The van der Waals surface area contributed by atoms with Gasteiger partial charge in [-0.15, -0.1) is 0 Å². The van der Waals surface area contributed by atoms with E-state index in [1.54, 1.807) is 6.20 Å². The Morgan fingerprint density at radius 3 is 2.51 bits per heavy atom. The van der Waals surface area contributed by atoms with Crippen LogP contribution in [0.3, 0.4) is 0 Å². The first-order chi connectivity index (χ1) is 17.5. The average molecular weight is 517 g/mol. The van der Waals surface area contributed by atoms with E-state index in [0.29, 0.717) is 6.42 Å². The van der Waals surface area contributed by atoms with Gasteiger partial charge in [0.15, 0.2) is 0 Å². The van der Waals surface area contributed by atoms with E-state index in [9.17, 15) is 34.2 Å². The van der Waals surface area contributed by atoms with E-state index >= 15 is 0 Å². The summed E-state index contributed by atoms with van der Waals surface area (Å²) < 4.78 is 0. The molecule has 4 amide bonds. The highest BCUT2D eigenvalue weighted by Gasteiger charge is 2.39. The molecule has 37 heavy (non-hydrogen) atoms. The number of fused-ring (bicyclic) bond motifs is 1. The van der Waals surface area contributed by atoms with Crippen molar-refractivity contribution < 1.29 is 34.2 Å². The van der Waals surface area contributed by atoms with E-state index in [0.717, 1.165) is 16.5 Å². The minimum atomic E-state index is -1.53. The minimum absolute atomic E-state index is 0.0748. The van der Waals surface area contributed by atoms with Gasteiger partial charge < -0.3 is 42.2 Å². The van der Waals surface area contributed by atoms with E-state index in [1.807, 2.05) is 24.3 Å². The Bertz CT molecular complexity index is 1180. The van der Waals surface area contributed by atoms with Crippen LogP contribution in [0, 0.1) is 0 Å². The summed E-state index contributed by atoms with van der Waals surface area (Å²) in [6.45, 7) is 1.56. The Hall–Kier alpha value is -3.97. The number of rotatable bonds is 11. The normalized spacial score (nSPS) is 18.6. The van der Waals surface area contributed by atoms with Gasteiger partial charge in [-0.3, -0.25) is 19.2 Å². The van der Waals surface area contributed by atoms with E-state index in [1.165, 1.54) is 11.8 Å². The number of nitrogens with zero attached hydrogens (tertiary/aromatic N) is 1. The summed E-state index contributed by atoms with van der Waals surface area (Å²) in [5.41, 5.74) is 12.4. The van der Waals surface area contributed by atoms with Crippen LogP contribution < -0.4 is 22.1 Å². The minimum Gasteiger partial charge on any atom is -0.480 e. The highest BCUT2D eigenvalue weighted by Crippen LogP contribution is 2.23. The molecule has 3 rings (SSSR count). The van der Waals surface area contributed by atoms with Gasteiger partial charge in [-0.1, -0.05) is 18.2 Å². The molecule has 0 radical (unpaired) electrons. The molecule has 1 aromatic heterocycles. The Balaban J connectivity index is 1.84. The third-order valence-corrected chi connectivity index (χ3v) is 6.39. The lowest BCUT2D eigenvalue weighted by molar-refractivity contribution is -0.146. The highest BCUT2D eigenvalue weighted by atomic mass is 16.4. The van der Waals surface area contributed by atoms with E-state index < -0.39 is 66.3 Å². The fourth-order valence-electron chi connectivity index (χ4n) is 4.38. The van der Waals surface area contributed by atoms with Gasteiger partial charge >= 0.3 is 5.97 Å². The molecule has 13 nitrogen and oxygen atoms in total. The Morgan fingerprint density at radius 2 is 1.86 bits per heavy atom. The first-order valence-electron chi connectivity index (χ1n) is 11.9. The number of hydrogen-bond donors (Lipinski definition) is 7. The predicted octanol–water partition coefficient (Wildman–Crippen LogP) is -1.66. The van der Waals surface area contributed by atoms with Gasteiger partial charge in [-0.2, -0.15) is 0 Å². The molecule has 1 aromatic carbocycles. The van der Waals surface area contributed by atoms with Crippen LogP contribution in [0.4, 0.5) is 0 Å². The van der Waals surface area contributed by atoms with Crippen LogP contribution in [0.15, 0.2) is 30.5 Å². The second-order valence-electron chi connectivity index (χ2n) is 9.15. The zero-order valence-corrected chi connectivity index (χ0v) is 20.3. The standard InChI is InChI=1S/C24H32N6O7/c1-12(31)20(26)22(34)28-16(9-13-11-27-15-6-3-2-5-14(13)15)23(35)30-8-4-7-18(30)21(33)29-17(24(36)37)10-19(25)32/h2-3,5-6,11-12,16-18,20,27,31H,4,7-10,26H2,1H3,(H2,25,32)(H,28,34)(H,29,33)(H,36,37)/t12-,16+,17+,18+,20+/m1/s1. The molecule has 1 aliphatic rings. The van der Waals surface area contributed by atoms with Crippen LogP contribution in [0.2, 0.25) is 0 Å². The molecular weight excluding hydrogens is 484 g/mol. The number of carboxylic acids is 1. The molecule has 200 valence electrons. The number of aliphatic hydroxyl groups excluding tert-OH is 1. The summed E-state index contributed by atoms with van der Waals surface area (Å²) >= 11 is 0. The molecule has 1 aliphatic heterocycles. The third-order valence-electron chi connectivity index (χ3n) is 6.39. The zero-order chi connectivity index (χ0) is 27.3. The Morgan fingerprint density at radius 1 is 1.16 bits per heavy atom. The Kier molecular flexibility index (Phi) is 8.84. The summed E-state index contributed by atoms with van der Waals surface area (Å²) in [5, 5.41) is 24.8. The molecule has 1 saturated heterocycles. The highest BCUT2D eigenvalue weighted by molar-refractivity contribution is 5.96. The van der Waals surface area contributed by atoms with Crippen LogP contribution in [-0.4, -0.2) is 86.5 Å². The van der Waals surface area contributed by atoms with Gasteiger partial charge in [-0.25, -0.2) is 4.79 Å². The quantitative estimate of drug-likeness (QED) is 0.183. The van der Waals surface area contributed by atoms with Crippen molar-refractivity contribution in [3.8, 4) is 0 Å². The van der Waals surface area contributed by atoms with Crippen LogP contribution in [-0.2, 0) is 30.4 Å². The average Bonchev–Trinajstić information content (AvgIpc) is 3.49. The number of aliphatic hydroxyl groups is 1. The summed E-state index contributed by atoms with van der Waals surface area (Å²) in [7, 11) is 0. The first-order valence-corrected chi connectivity index (χ1v) is 11.9. The summed E-state index contributed by atoms with van der Waals surface area (Å²) in [6.07, 6.45) is 0.775. The number of hydrogen-bond acceptors (Lipinski definition) is 7. The second kappa shape index (κ2) is 11.8. The van der Waals surface area contributed by atoms with Crippen molar-refractivity contribution in [3.63, 3.8) is 0 Å². The largest absolute Gasteiger partial charge is 0.480 e. The lowest BCUT2D eigenvalue weighted by Gasteiger charge is -2.30. The number of aliphatic carboxylic acids is 1. The van der Waals surface area contributed by atoms with Gasteiger partial charge in [0, 0.05) is 30.1 Å². The number of carbonyl (C=O) groups is 5. The van der Waals surface area contributed by atoms with Crippen molar-refractivity contribution in [1.29, 1.82) is 0 Å². The molecule has 0 bridgehead atoms. The zero-order valence-electron chi connectivity index (χ0n) is 20.3. The smallest absolute Gasteiger partial charge is 0.326 e. The van der Waals surface area contributed by atoms with Gasteiger partial charge in [-0.05, 0) is 31.4 Å². The number of aromatic nitrogens is 1. The van der Waals surface area contributed by atoms with Crippen LogP contribution in [0.25, 0.3) is 10.9 Å². The van der Waals surface area contributed by atoms with E-state index in [4.69, 9.17) is 11.5 Å². The maximum atomic E-state index is 13.7. The molecule has 0 unspecified atom stereocenters. The molecule has 0 aliphatic carbocycles. The number of aromatic amines is 1. The van der Waals surface area contributed by atoms with E-state index in [-0.39, 0.29) is 19.4 Å². The molecule has 1 fully saturated rings. The maximum absolute atomic E-state index is 13.7. The number of carboxylic acid groups (broad SMARTS) is 1. The topological polar surface area (TPSA) is 221 Å². The van der Waals surface area contributed by atoms with Crippen LogP contribution >= 0.6 is 0 Å². The van der Waals surface area contributed by atoms with Gasteiger partial charge in [0.1, 0.15) is 24.2 Å². The van der Waals surface area contributed by atoms with Crippen molar-refractivity contribution in [2.24, 2.45) is 11.5 Å². The lowest BCUT2D eigenvalue weighted by atomic mass is 10.0. The number of benzene rings is 1. The fourth-order valence-corrected chi connectivity index (χ4v) is 4.38. The number of likely N-dealkylation sites (tertiary alicyclic amines) is 1. The van der Waals surface area contributed by atoms with Crippen LogP contribution in [0.1, 0.15) is 31.7 Å². The molecule has 0 saturated carbocycles. The number of primary amides is 1. The number of nitrogens with two attached hydrogens (primary N) is 2. The van der Waals surface area contributed by atoms with Crippen molar-refractivity contribution in [2.75, 3.05) is 6.54 Å². The van der Waals surface area contributed by atoms with Gasteiger partial charge in [0.2, 0.25) is 23.6 Å². The molecule has 2 aromatic rings. The van der Waals surface area contributed by atoms with Crippen molar-refractivity contribution in [2.45, 2.75) is 62.9 Å². The number of amides is 4. The third kappa shape index (κ3) is 6.62. The Labute approximate surface area is 212 Å². The molecule has 2 heterocycles. The maximum Gasteiger partial charge on any atom is 0.326 e. The molecule has 5 atom stereocenters. The second-order valence-corrected chi connectivity index (χ2v) is 9.15. The van der Waals surface area contributed by atoms with Gasteiger partial charge in [0.25, 0.3) is 0 Å². The van der Waals surface area contributed by atoms with Crippen molar-refractivity contribution >= 4 is 40.5 Å². The predicted molar refractivity (Wildman–Crippen MR) is 132 cm³/mol. The van der Waals surface area contributed by atoms with E-state index in [2.05, 4.69) is 15.6 Å². The summed E-state index contributed by atoms with van der Waals surface area (Å²) in [5.74, 6) is -4.36. The molecule has 9 N–H and O–H groups in total. The summed E-state index contributed by atoms with van der Waals surface area (Å²) in [6, 6.07) is 2.48. The monoisotopic (exact) mass is 516 g/mol. The SMILES string of the molecule is C[C@@H](O)[C@H](N)C(=O)N[C@@H](Cc1c[nH]c2ccccc12)C(=O)N1CCC[C@H]1C(=O)N[C@@H](CC(N)=O)C(=O)O. The fraction of sp³-hybridized carbons (Fsp3) is 0.458. The molecular formula is C24H32N6O7. The number of nitrogens with one attached hydrogen (secondary N) is 3. The molecule has 13 heteroatoms. The summed E-state index contributed by atoms with van der Waals surface area (Å²) in [4.78, 5) is 66.3.